The summed E-state index contributed by atoms with van der Waals surface area (Å²) in [6.07, 6.45) is 2.20. The first-order valence-corrected chi connectivity index (χ1v) is 9.95. The number of ether oxygens (including phenoxy) is 2. The van der Waals surface area contributed by atoms with E-state index in [1.807, 2.05) is 23.1 Å². The fraction of sp³-hybridized carbons (Fsp3) is 0.450. The Hall–Kier alpha value is -2.05. The van der Waals surface area contributed by atoms with E-state index in [1.165, 1.54) is 10.4 Å². The molecule has 140 valence electrons. The Morgan fingerprint density at radius 1 is 1.23 bits per heavy atom. The van der Waals surface area contributed by atoms with E-state index >= 15 is 0 Å². The summed E-state index contributed by atoms with van der Waals surface area (Å²) in [7, 11) is 0. The summed E-state index contributed by atoms with van der Waals surface area (Å²) >= 11 is 1.70. The molecule has 1 aromatic carbocycles. The number of rotatable bonds is 9. The number of amides is 1. The SMILES string of the molecule is CCCCNCC(=O)N(Cc1ccc2c(c1)OCO2)Cc1sccc1C. The number of nitrogens with one attached hydrogen (secondary N) is 1. The van der Waals surface area contributed by atoms with Crippen molar-refractivity contribution in [2.45, 2.75) is 39.8 Å². The second kappa shape index (κ2) is 9.05. The van der Waals surface area contributed by atoms with Crippen molar-refractivity contribution in [2.75, 3.05) is 19.9 Å². The molecule has 1 amide bonds. The predicted octanol–water partition coefficient (Wildman–Crippen LogP) is 3.70. The molecule has 0 aliphatic carbocycles. The number of unbranched alkanes of at least 4 members (excludes halogenated alkanes) is 1. The molecule has 0 saturated carbocycles. The van der Waals surface area contributed by atoms with Crippen LogP contribution in [0, 0.1) is 6.92 Å². The minimum absolute atomic E-state index is 0.117. The molecule has 6 heteroatoms. The van der Waals surface area contributed by atoms with Gasteiger partial charge in [0.15, 0.2) is 11.5 Å². The molecular formula is C20H26N2O3S. The van der Waals surface area contributed by atoms with Crippen molar-refractivity contribution in [3.63, 3.8) is 0 Å². The molecule has 1 aromatic heterocycles. The van der Waals surface area contributed by atoms with Crippen LogP contribution in [-0.4, -0.2) is 30.7 Å². The summed E-state index contributed by atoms with van der Waals surface area (Å²) in [5.74, 6) is 1.64. The largest absolute Gasteiger partial charge is 0.454 e. The van der Waals surface area contributed by atoms with Crippen LogP contribution >= 0.6 is 11.3 Å². The highest BCUT2D eigenvalue weighted by Gasteiger charge is 2.18. The zero-order valence-corrected chi connectivity index (χ0v) is 16.2. The van der Waals surface area contributed by atoms with Gasteiger partial charge in [-0.05, 0) is 54.6 Å². The lowest BCUT2D eigenvalue weighted by Gasteiger charge is -2.23. The lowest BCUT2D eigenvalue weighted by molar-refractivity contribution is -0.131. The molecule has 0 bridgehead atoms. The lowest BCUT2D eigenvalue weighted by atomic mass is 10.1. The van der Waals surface area contributed by atoms with Crippen molar-refractivity contribution in [2.24, 2.45) is 0 Å². The summed E-state index contributed by atoms with van der Waals surface area (Å²) in [6, 6.07) is 7.98. The Kier molecular flexibility index (Phi) is 6.52. The summed E-state index contributed by atoms with van der Waals surface area (Å²) in [6.45, 7) is 6.93. The van der Waals surface area contributed by atoms with Crippen LogP contribution in [0.4, 0.5) is 0 Å². The lowest BCUT2D eigenvalue weighted by Crippen LogP contribution is -2.37. The molecule has 26 heavy (non-hydrogen) atoms. The number of aryl methyl sites for hydroxylation is 1. The van der Waals surface area contributed by atoms with Crippen LogP contribution in [0.3, 0.4) is 0 Å². The Morgan fingerprint density at radius 3 is 2.85 bits per heavy atom. The Bertz CT molecular complexity index is 744. The Balaban J connectivity index is 1.69. The number of hydrogen-bond donors (Lipinski definition) is 1. The van der Waals surface area contributed by atoms with Crippen LogP contribution in [0.5, 0.6) is 11.5 Å². The molecule has 1 aliphatic rings. The van der Waals surface area contributed by atoms with Crippen molar-refractivity contribution in [1.29, 1.82) is 0 Å². The van der Waals surface area contributed by atoms with E-state index in [1.54, 1.807) is 11.3 Å². The highest BCUT2D eigenvalue weighted by atomic mass is 32.1. The zero-order chi connectivity index (χ0) is 18.4. The number of carbonyl (C=O) groups is 1. The molecule has 0 spiro atoms. The second-order valence-electron chi connectivity index (χ2n) is 6.49. The van der Waals surface area contributed by atoms with Crippen molar-refractivity contribution in [3.8, 4) is 11.5 Å². The van der Waals surface area contributed by atoms with E-state index in [0.717, 1.165) is 36.4 Å². The summed E-state index contributed by atoms with van der Waals surface area (Å²) < 4.78 is 10.8. The minimum atomic E-state index is 0.117. The maximum Gasteiger partial charge on any atom is 0.237 e. The van der Waals surface area contributed by atoms with Gasteiger partial charge in [-0.15, -0.1) is 11.3 Å². The van der Waals surface area contributed by atoms with E-state index < -0.39 is 0 Å². The number of fused-ring (bicyclic) bond motifs is 1. The maximum atomic E-state index is 12.8. The third-order valence-electron chi connectivity index (χ3n) is 4.45. The van der Waals surface area contributed by atoms with Gasteiger partial charge < -0.3 is 19.7 Å². The van der Waals surface area contributed by atoms with Gasteiger partial charge in [0.2, 0.25) is 12.7 Å². The maximum absolute atomic E-state index is 12.8. The Labute approximate surface area is 158 Å². The Morgan fingerprint density at radius 2 is 2.08 bits per heavy atom. The monoisotopic (exact) mass is 374 g/mol. The number of hydrogen-bond acceptors (Lipinski definition) is 5. The number of benzene rings is 1. The van der Waals surface area contributed by atoms with Gasteiger partial charge in [-0.25, -0.2) is 0 Å². The summed E-state index contributed by atoms with van der Waals surface area (Å²) in [5, 5.41) is 5.33. The fourth-order valence-electron chi connectivity index (χ4n) is 2.84. The molecular weight excluding hydrogens is 348 g/mol. The van der Waals surface area contributed by atoms with E-state index in [2.05, 4.69) is 30.6 Å². The zero-order valence-electron chi connectivity index (χ0n) is 15.4. The standard InChI is InChI=1S/C20H26N2O3S/c1-3-4-8-21-11-20(23)22(13-19-15(2)7-9-26-19)12-16-5-6-17-18(10-16)25-14-24-17/h5-7,9-10,21H,3-4,8,11-14H2,1-2H3. The molecule has 0 saturated heterocycles. The van der Waals surface area contributed by atoms with Crippen LogP contribution in [0.15, 0.2) is 29.6 Å². The van der Waals surface area contributed by atoms with E-state index in [-0.39, 0.29) is 12.7 Å². The van der Waals surface area contributed by atoms with Crippen molar-refractivity contribution >= 4 is 17.2 Å². The normalized spacial score (nSPS) is 12.4. The van der Waals surface area contributed by atoms with E-state index in [9.17, 15) is 4.79 Å². The fourth-order valence-corrected chi connectivity index (χ4v) is 3.76. The van der Waals surface area contributed by atoms with Gasteiger partial charge in [-0.2, -0.15) is 0 Å². The number of nitrogens with zero attached hydrogens (tertiary/aromatic N) is 1. The van der Waals surface area contributed by atoms with E-state index in [4.69, 9.17) is 9.47 Å². The first-order valence-electron chi connectivity index (χ1n) is 9.07. The molecule has 5 nitrogen and oxygen atoms in total. The second-order valence-corrected chi connectivity index (χ2v) is 7.50. The predicted molar refractivity (Wildman–Crippen MR) is 104 cm³/mol. The van der Waals surface area contributed by atoms with Crippen LogP contribution in [0.2, 0.25) is 0 Å². The highest BCUT2D eigenvalue weighted by molar-refractivity contribution is 7.10. The van der Waals surface area contributed by atoms with Gasteiger partial charge in [-0.3, -0.25) is 4.79 Å². The summed E-state index contributed by atoms with van der Waals surface area (Å²) in [4.78, 5) is 15.9. The number of carbonyl (C=O) groups excluding carboxylic acids is 1. The van der Waals surface area contributed by atoms with Gasteiger partial charge in [0.1, 0.15) is 0 Å². The van der Waals surface area contributed by atoms with Gasteiger partial charge in [-0.1, -0.05) is 19.4 Å². The van der Waals surface area contributed by atoms with Crippen molar-refractivity contribution < 1.29 is 14.3 Å². The molecule has 0 atom stereocenters. The minimum Gasteiger partial charge on any atom is -0.454 e. The van der Waals surface area contributed by atoms with Gasteiger partial charge in [0, 0.05) is 11.4 Å². The van der Waals surface area contributed by atoms with Crippen LogP contribution in [0.1, 0.15) is 35.8 Å². The first kappa shape index (κ1) is 18.7. The third kappa shape index (κ3) is 4.77. The average molecular weight is 375 g/mol. The molecule has 0 unspecified atom stereocenters. The van der Waals surface area contributed by atoms with Crippen LogP contribution < -0.4 is 14.8 Å². The molecule has 2 aromatic rings. The number of thiophene rings is 1. The quantitative estimate of drug-likeness (QED) is 0.680. The topological polar surface area (TPSA) is 50.8 Å². The van der Waals surface area contributed by atoms with Crippen LogP contribution in [-0.2, 0) is 17.9 Å². The molecule has 0 radical (unpaired) electrons. The van der Waals surface area contributed by atoms with Gasteiger partial charge in [0.05, 0.1) is 13.1 Å². The van der Waals surface area contributed by atoms with Gasteiger partial charge in [0.25, 0.3) is 0 Å². The summed E-state index contributed by atoms with van der Waals surface area (Å²) in [5.41, 5.74) is 2.28. The molecule has 1 N–H and O–H groups in total. The molecule has 1 aliphatic heterocycles. The molecule has 2 heterocycles. The van der Waals surface area contributed by atoms with E-state index in [0.29, 0.717) is 19.6 Å². The first-order chi connectivity index (χ1) is 12.7. The smallest absolute Gasteiger partial charge is 0.237 e. The average Bonchev–Trinajstić information content (AvgIpc) is 3.26. The van der Waals surface area contributed by atoms with Gasteiger partial charge >= 0.3 is 0 Å². The third-order valence-corrected chi connectivity index (χ3v) is 5.46. The molecule has 0 fully saturated rings. The highest BCUT2D eigenvalue weighted by Crippen LogP contribution is 2.33. The van der Waals surface area contributed by atoms with Crippen molar-refractivity contribution in [1.82, 2.24) is 10.2 Å². The van der Waals surface area contributed by atoms with Crippen molar-refractivity contribution in [3.05, 3.63) is 45.6 Å². The van der Waals surface area contributed by atoms with Crippen LogP contribution in [0.25, 0.3) is 0 Å². The molecule has 3 rings (SSSR count).